The van der Waals surface area contributed by atoms with Crippen LogP contribution in [0.4, 0.5) is 0 Å². The number of aromatic nitrogens is 1. The van der Waals surface area contributed by atoms with Gasteiger partial charge in [0.15, 0.2) is 0 Å². The first-order valence-electron chi connectivity index (χ1n) is 7.71. The van der Waals surface area contributed by atoms with E-state index in [0.29, 0.717) is 0 Å². The summed E-state index contributed by atoms with van der Waals surface area (Å²) in [5.41, 5.74) is 5.00. The monoisotopic (exact) mass is 387 g/mol. The number of hydrogen-bond acceptors (Lipinski definition) is 0. The summed E-state index contributed by atoms with van der Waals surface area (Å²) in [6, 6.07) is 12.9. The zero-order valence-corrected chi connectivity index (χ0v) is 19.2. The van der Waals surface area contributed by atoms with Gasteiger partial charge in [-0.15, -0.1) is 5.54 Å². The minimum atomic E-state index is -0.0283. The summed E-state index contributed by atoms with van der Waals surface area (Å²) in [7, 11) is 1.08. The standard InChI is InChI=1S/C17H19N2.C2H6Si.2CH3.Ti/c1-17(2,3)19-16-11-14(15-9-6-10-18-15)12-7-4-5-8-13(12)16;1-3-2;;;/h4-11,16,18H,1-3H3;1-2H3;2*1H3;/q-1;;2*-1;+3. The van der Waals surface area contributed by atoms with Crippen molar-refractivity contribution in [1.29, 1.82) is 0 Å². The van der Waals surface area contributed by atoms with Crippen LogP contribution in [0.15, 0.2) is 48.7 Å². The fourth-order valence-electron chi connectivity index (χ4n) is 2.59. The van der Waals surface area contributed by atoms with Gasteiger partial charge in [0.2, 0.25) is 0 Å². The Kier molecular flexibility index (Phi) is 12.3. The average Bonchev–Trinajstić information content (AvgIpc) is 3.06. The molecule has 0 amide bonds. The van der Waals surface area contributed by atoms with E-state index in [2.05, 4.69) is 75.3 Å². The van der Waals surface area contributed by atoms with Crippen molar-refractivity contribution in [2.75, 3.05) is 0 Å². The van der Waals surface area contributed by atoms with Gasteiger partial charge in [-0.1, -0.05) is 75.8 Å². The van der Waals surface area contributed by atoms with Crippen LogP contribution in [0.5, 0.6) is 0 Å². The zero-order valence-electron chi connectivity index (χ0n) is 16.6. The Balaban J connectivity index is 0. The van der Waals surface area contributed by atoms with Gasteiger partial charge in [0.05, 0.1) is 0 Å². The molecule has 1 N–H and O–H groups in total. The largest absolute Gasteiger partial charge is 3.00 e. The molecule has 1 atom stereocenters. The van der Waals surface area contributed by atoms with Crippen molar-refractivity contribution in [1.82, 2.24) is 4.98 Å². The number of aromatic amines is 1. The summed E-state index contributed by atoms with van der Waals surface area (Å²) in [5, 5.41) is 4.92. The summed E-state index contributed by atoms with van der Waals surface area (Å²) < 4.78 is 0. The van der Waals surface area contributed by atoms with E-state index in [1.807, 2.05) is 12.3 Å². The molecule has 2 aromatic rings. The van der Waals surface area contributed by atoms with Crippen LogP contribution >= 0.6 is 0 Å². The molecule has 0 spiro atoms. The number of nitrogens with one attached hydrogen (secondary N) is 1. The number of rotatable bonds is 2. The molecule has 1 aromatic carbocycles. The second kappa shape index (κ2) is 11.7. The van der Waals surface area contributed by atoms with Crippen molar-refractivity contribution < 1.29 is 21.7 Å². The van der Waals surface area contributed by atoms with E-state index in [4.69, 9.17) is 5.32 Å². The molecule has 3 radical (unpaired) electrons. The summed E-state index contributed by atoms with van der Waals surface area (Å²) in [6.07, 6.45) is 4.23. The van der Waals surface area contributed by atoms with Crippen LogP contribution in [-0.2, 0) is 21.7 Å². The Morgan fingerprint density at radius 3 is 2.12 bits per heavy atom. The first kappa shape index (κ1) is 26.4. The molecule has 1 unspecified atom stereocenters. The fourth-order valence-corrected chi connectivity index (χ4v) is 2.59. The number of fused-ring (bicyclic) bond motifs is 1. The van der Waals surface area contributed by atoms with Crippen LogP contribution in [0.2, 0.25) is 13.1 Å². The maximum Gasteiger partial charge on any atom is 3.00 e. The van der Waals surface area contributed by atoms with Gasteiger partial charge in [-0.05, 0) is 17.7 Å². The van der Waals surface area contributed by atoms with Crippen LogP contribution < -0.4 is 0 Å². The van der Waals surface area contributed by atoms with E-state index >= 15 is 0 Å². The SMILES string of the molecule is CC(C)(C)[N-]C1C=C(c2ccc[nH]2)c2ccccc21.C[Si]C.[CH3-].[CH3-].[Ti+3]. The first-order chi connectivity index (χ1) is 10.5. The van der Waals surface area contributed by atoms with E-state index in [1.165, 1.54) is 22.4 Å². The summed E-state index contributed by atoms with van der Waals surface area (Å²) >= 11 is 0. The summed E-state index contributed by atoms with van der Waals surface area (Å²) in [6.45, 7) is 10.8. The molecule has 0 aliphatic heterocycles. The Bertz CT molecular complexity index is 628. The van der Waals surface area contributed by atoms with Crippen LogP contribution in [0.1, 0.15) is 43.6 Å². The zero-order chi connectivity index (χ0) is 16.2. The van der Waals surface area contributed by atoms with Crippen molar-refractivity contribution >= 4 is 15.1 Å². The van der Waals surface area contributed by atoms with E-state index in [9.17, 15) is 0 Å². The van der Waals surface area contributed by atoms with E-state index in [0.717, 1.165) is 9.52 Å². The van der Waals surface area contributed by atoms with Crippen molar-refractivity contribution in [3.8, 4) is 0 Å². The Morgan fingerprint density at radius 1 is 1.00 bits per heavy atom. The Labute approximate surface area is 172 Å². The molecular weight excluding hydrogens is 356 g/mol. The normalized spacial score (nSPS) is 14.6. The van der Waals surface area contributed by atoms with Crippen LogP contribution in [0.25, 0.3) is 10.9 Å². The molecule has 0 saturated carbocycles. The molecule has 1 aliphatic carbocycles. The van der Waals surface area contributed by atoms with Gasteiger partial charge < -0.3 is 25.2 Å². The Morgan fingerprint density at radius 2 is 1.60 bits per heavy atom. The van der Waals surface area contributed by atoms with Gasteiger partial charge in [-0.25, -0.2) is 0 Å². The number of H-pyrrole nitrogens is 1. The average molecular weight is 387 g/mol. The first-order valence-corrected chi connectivity index (χ1v) is 9.71. The molecule has 1 aromatic heterocycles. The predicted octanol–water partition coefficient (Wildman–Crippen LogP) is 6.36. The van der Waals surface area contributed by atoms with Gasteiger partial charge in [-0.2, -0.15) is 0 Å². The molecule has 25 heavy (non-hydrogen) atoms. The number of nitrogens with zero attached hydrogens (tertiary/aromatic N) is 1. The minimum Gasteiger partial charge on any atom is -0.647 e. The van der Waals surface area contributed by atoms with Gasteiger partial charge in [-0.3, -0.25) is 0 Å². The van der Waals surface area contributed by atoms with E-state index in [1.54, 1.807) is 0 Å². The maximum absolute atomic E-state index is 4.92. The predicted molar refractivity (Wildman–Crippen MR) is 110 cm³/mol. The van der Waals surface area contributed by atoms with Crippen molar-refractivity contribution in [2.24, 2.45) is 0 Å². The van der Waals surface area contributed by atoms with Crippen molar-refractivity contribution in [3.05, 3.63) is 85.7 Å². The van der Waals surface area contributed by atoms with Crippen LogP contribution in [0.3, 0.4) is 0 Å². The second-order valence-electron chi connectivity index (χ2n) is 6.50. The molecule has 0 saturated heterocycles. The molecule has 0 bridgehead atoms. The number of hydrogen-bond donors (Lipinski definition) is 1. The molecule has 4 heteroatoms. The molecular formula is C21H31N2SiTi. The van der Waals surface area contributed by atoms with Crippen LogP contribution in [-0.4, -0.2) is 20.0 Å². The third-order valence-electron chi connectivity index (χ3n) is 3.31. The fraction of sp³-hybridized carbons (Fsp3) is 0.333. The van der Waals surface area contributed by atoms with E-state index < -0.39 is 0 Å². The van der Waals surface area contributed by atoms with Crippen LogP contribution in [0, 0.1) is 14.9 Å². The maximum atomic E-state index is 4.92. The number of benzene rings is 1. The van der Waals surface area contributed by atoms with Crippen molar-refractivity contribution in [2.45, 2.75) is 45.4 Å². The third-order valence-corrected chi connectivity index (χ3v) is 3.31. The Hall–Kier alpha value is -0.869. The summed E-state index contributed by atoms with van der Waals surface area (Å²) in [5.74, 6) is 0. The van der Waals surface area contributed by atoms with Gasteiger partial charge >= 0.3 is 21.7 Å². The molecule has 0 fully saturated rings. The second-order valence-corrected chi connectivity index (χ2v) is 7.50. The molecule has 1 heterocycles. The third kappa shape index (κ3) is 7.10. The van der Waals surface area contributed by atoms with Gasteiger partial charge in [0.1, 0.15) is 0 Å². The molecule has 3 rings (SSSR count). The quantitative estimate of drug-likeness (QED) is 0.459. The summed E-state index contributed by atoms with van der Waals surface area (Å²) in [4.78, 5) is 3.29. The van der Waals surface area contributed by atoms with Gasteiger partial charge in [0, 0.05) is 27.0 Å². The van der Waals surface area contributed by atoms with Crippen molar-refractivity contribution in [3.63, 3.8) is 0 Å². The smallest absolute Gasteiger partial charge is 0.647 e. The topological polar surface area (TPSA) is 29.9 Å². The molecule has 2 nitrogen and oxygen atoms in total. The van der Waals surface area contributed by atoms with Gasteiger partial charge in [0.25, 0.3) is 0 Å². The molecule has 1 aliphatic rings. The molecule has 133 valence electrons. The minimum absolute atomic E-state index is 0. The van der Waals surface area contributed by atoms with E-state index in [-0.39, 0.29) is 48.2 Å².